The second-order valence-electron chi connectivity index (χ2n) is 5.10. The fourth-order valence-corrected chi connectivity index (χ4v) is 2.83. The first kappa shape index (κ1) is 19.0. The molecule has 2 N–H and O–H groups in total. The molecule has 0 saturated heterocycles. The number of carbonyl (C=O) groups excluding carboxylic acids is 1. The summed E-state index contributed by atoms with van der Waals surface area (Å²) >= 11 is 2.17. The van der Waals surface area contributed by atoms with Crippen molar-refractivity contribution in [2.75, 3.05) is 13.7 Å². The average Bonchev–Trinajstić information content (AvgIpc) is 2.60. The quantitative estimate of drug-likeness (QED) is 0.381. The fourth-order valence-electron chi connectivity index (χ4n) is 2.05. The zero-order valence-corrected chi connectivity index (χ0v) is 16.1. The second kappa shape index (κ2) is 9.26. The van der Waals surface area contributed by atoms with Crippen LogP contribution < -0.4 is 14.9 Å². The van der Waals surface area contributed by atoms with Crippen LogP contribution in [0.25, 0.3) is 0 Å². The van der Waals surface area contributed by atoms with Gasteiger partial charge in [-0.3, -0.25) is 4.79 Å². The number of hydrogen-bond donors (Lipinski definition) is 2. The van der Waals surface area contributed by atoms with Gasteiger partial charge < -0.3 is 14.6 Å². The summed E-state index contributed by atoms with van der Waals surface area (Å²) in [6.07, 6.45) is 2.41. The van der Waals surface area contributed by atoms with Gasteiger partial charge in [-0.15, -0.1) is 0 Å². The molecule has 2 aromatic rings. The minimum atomic E-state index is -0.487. The number of phenols is 1. The van der Waals surface area contributed by atoms with Crippen LogP contribution in [0.1, 0.15) is 29.3 Å². The highest BCUT2D eigenvalue weighted by atomic mass is 127. The van der Waals surface area contributed by atoms with Gasteiger partial charge in [0.2, 0.25) is 0 Å². The van der Waals surface area contributed by atoms with Crippen molar-refractivity contribution in [1.82, 2.24) is 5.43 Å². The Hall–Kier alpha value is -2.29. The number of phenolic OH excluding ortho intramolecular Hbond substituents is 1. The van der Waals surface area contributed by atoms with Gasteiger partial charge in [0.25, 0.3) is 5.91 Å². The zero-order valence-electron chi connectivity index (χ0n) is 14.0. The molecule has 0 atom stereocenters. The van der Waals surface area contributed by atoms with Gasteiger partial charge in [-0.25, -0.2) is 5.43 Å². The Morgan fingerprint density at radius 1 is 1.36 bits per heavy atom. The molecule has 0 aliphatic carbocycles. The van der Waals surface area contributed by atoms with Crippen LogP contribution in [-0.4, -0.2) is 30.9 Å². The fraction of sp³-hybridized carbons (Fsp3) is 0.222. The topological polar surface area (TPSA) is 80.2 Å². The Morgan fingerprint density at radius 2 is 2.12 bits per heavy atom. The zero-order chi connectivity index (χ0) is 18.2. The number of ether oxygens (including phenoxy) is 2. The maximum absolute atomic E-state index is 12.0. The van der Waals surface area contributed by atoms with E-state index in [1.54, 1.807) is 25.3 Å². The number of halogens is 1. The number of aromatic hydroxyl groups is 1. The molecule has 2 aromatic carbocycles. The summed E-state index contributed by atoms with van der Waals surface area (Å²) in [6.45, 7) is 2.64. The van der Waals surface area contributed by atoms with Crippen LogP contribution in [0.5, 0.6) is 17.2 Å². The summed E-state index contributed by atoms with van der Waals surface area (Å²) < 4.78 is 12.0. The Balaban J connectivity index is 2.12. The number of hydrogen-bond acceptors (Lipinski definition) is 5. The van der Waals surface area contributed by atoms with Crippen molar-refractivity contribution in [3.05, 3.63) is 51.1 Å². The lowest BCUT2D eigenvalue weighted by molar-refractivity contribution is 0.0952. The largest absolute Gasteiger partial charge is 0.507 e. The summed E-state index contributed by atoms with van der Waals surface area (Å²) in [4.78, 5) is 12.0. The molecule has 0 aliphatic rings. The van der Waals surface area contributed by atoms with Gasteiger partial charge >= 0.3 is 0 Å². The molecule has 6 nitrogen and oxygen atoms in total. The highest BCUT2D eigenvalue weighted by Gasteiger charge is 2.11. The second-order valence-corrected chi connectivity index (χ2v) is 6.26. The number of nitrogens with one attached hydrogen (secondary N) is 1. The van der Waals surface area contributed by atoms with Crippen LogP contribution >= 0.6 is 22.6 Å². The predicted molar refractivity (Wildman–Crippen MR) is 105 cm³/mol. The molecule has 0 aromatic heterocycles. The van der Waals surface area contributed by atoms with Crippen LogP contribution in [0.2, 0.25) is 0 Å². The van der Waals surface area contributed by atoms with Gasteiger partial charge in [-0.05, 0) is 58.8 Å². The van der Waals surface area contributed by atoms with E-state index >= 15 is 0 Å². The smallest absolute Gasteiger partial charge is 0.275 e. The van der Waals surface area contributed by atoms with Crippen molar-refractivity contribution in [3.63, 3.8) is 0 Å². The van der Waals surface area contributed by atoms with E-state index in [1.165, 1.54) is 18.3 Å². The first-order valence-electron chi connectivity index (χ1n) is 7.68. The molecule has 0 radical (unpaired) electrons. The molecule has 132 valence electrons. The minimum Gasteiger partial charge on any atom is -0.507 e. The number of carbonyl (C=O) groups is 1. The number of nitrogens with zero attached hydrogens (tertiary/aromatic N) is 1. The van der Waals surface area contributed by atoms with Crippen molar-refractivity contribution in [3.8, 4) is 17.2 Å². The first-order chi connectivity index (χ1) is 12.1. The highest BCUT2D eigenvalue weighted by molar-refractivity contribution is 14.1. The van der Waals surface area contributed by atoms with E-state index in [9.17, 15) is 9.90 Å². The SMILES string of the molecule is CCCOc1c(I)cc(/C=N\NC(=O)c2ccccc2O)cc1OC. The molecular weight excluding hydrogens is 435 g/mol. The lowest BCUT2D eigenvalue weighted by Crippen LogP contribution is -2.17. The molecule has 0 aliphatic heterocycles. The summed E-state index contributed by atoms with van der Waals surface area (Å²) in [5.74, 6) is 0.719. The van der Waals surface area contributed by atoms with E-state index < -0.39 is 5.91 Å². The molecule has 7 heteroatoms. The maximum Gasteiger partial charge on any atom is 0.275 e. The van der Waals surface area contributed by atoms with Crippen molar-refractivity contribution >= 4 is 34.7 Å². The third-order valence-electron chi connectivity index (χ3n) is 3.23. The Morgan fingerprint density at radius 3 is 2.80 bits per heavy atom. The number of para-hydroxylation sites is 1. The highest BCUT2D eigenvalue weighted by Crippen LogP contribution is 2.33. The van der Waals surface area contributed by atoms with Gasteiger partial charge in [0.15, 0.2) is 11.5 Å². The molecule has 0 bridgehead atoms. The first-order valence-corrected chi connectivity index (χ1v) is 8.76. The number of benzene rings is 2. The van der Waals surface area contributed by atoms with Crippen molar-refractivity contribution in [2.45, 2.75) is 13.3 Å². The molecule has 0 saturated carbocycles. The third kappa shape index (κ3) is 5.09. The van der Waals surface area contributed by atoms with E-state index in [4.69, 9.17) is 9.47 Å². The summed E-state index contributed by atoms with van der Waals surface area (Å²) in [5, 5.41) is 13.6. The summed E-state index contributed by atoms with van der Waals surface area (Å²) in [7, 11) is 1.57. The lowest BCUT2D eigenvalue weighted by atomic mass is 10.2. The molecule has 0 spiro atoms. The molecule has 0 heterocycles. The average molecular weight is 454 g/mol. The van der Waals surface area contributed by atoms with E-state index in [0.29, 0.717) is 18.1 Å². The van der Waals surface area contributed by atoms with Crippen LogP contribution in [-0.2, 0) is 0 Å². The number of hydrazone groups is 1. The molecule has 0 fully saturated rings. The van der Waals surface area contributed by atoms with Gasteiger partial charge in [-0.2, -0.15) is 5.10 Å². The molecule has 1 amide bonds. The number of rotatable bonds is 7. The van der Waals surface area contributed by atoms with Crippen LogP contribution in [0, 0.1) is 3.57 Å². The maximum atomic E-state index is 12.0. The van der Waals surface area contributed by atoms with Crippen molar-refractivity contribution < 1.29 is 19.4 Å². The van der Waals surface area contributed by atoms with Gasteiger partial charge in [0, 0.05) is 0 Å². The standard InChI is InChI=1S/C18H19IN2O4/c1-3-8-25-17-14(19)9-12(10-16(17)24-2)11-20-21-18(23)13-6-4-5-7-15(13)22/h4-7,9-11,22H,3,8H2,1-2H3,(H,21,23)/b20-11-. The summed E-state index contributed by atoms with van der Waals surface area (Å²) in [5.41, 5.74) is 3.30. The van der Waals surface area contributed by atoms with Crippen LogP contribution in [0.3, 0.4) is 0 Å². The van der Waals surface area contributed by atoms with Crippen molar-refractivity contribution in [1.29, 1.82) is 0 Å². The molecular formula is C18H19IN2O4. The van der Waals surface area contributed by atoms with E-state index in [1.807, 2.05) is 13.0 Å². The summed E-state index contributed by atoms with van der Waals surface area (Å²) in [6, 6.07) is 9.94. The van der Waals surface area contributed by atoms with Crippen LogP contribution in [0.15, 0.2) is 41.5 Å². The minimum absolute atomic E-state index is 0.0937. The molecule has 2 rings (SSSR count). The lowest BCUT2D eigenvalue weighted by Gasteiger charge is -2.12. The number of amides is 1. The Kier molecular flexibility index (Phi) is 7.05. The monoisotopic (exact) mass is 454 g/mol. The van der Waals surface area contributed by atoms with E-state index in [-0.39, 0.29) is 11.3 Å². The van der Waals surface area contributed by atoms with E-state index in [2.05, 4.69) is 33.1 Å². The predicted octanol–water partition coefficient (Wildman–Crippen LogP) is 3.56. The van der Waals surface area contributed by atoms with E-state index in [0.717, 1.165) is 15.6 Å². The van der Waals surface area contributed by atoms with Crippen LogP contribution in [0.4, 0.5) is 0 Å². The van der Waals surface area contributed by atoms with Gasteiger partial charge in [0.05, 0.1) is 29.1 Å². The third-order valence-corrected chi connectivity index (χ3v) is 4.03. The Labute approximate surface area is 160 Å². The number of methoxy groups -OCH3 is 1. The molecule has 25 heavy (non-hydrogen) atoms. The normalized spacial score (nSPS) is 10.7. The Bertz CT molecular complexity index is 778. The van der Waals surface area contributed by atoms with Crippen molar-refractivity contribution in [2.24, 2.45) is 5.10 Å². The van der Waals surface area contributed by atoms with Gasteiger partial charge in [-0.1, -0.05) is 19.1 Å². The van der Waals surface area contributed by atoms with Gasteiger partial charge in [0.1, 0.15) is 5.75 Å². The molecule has 0 unspecified atom stereocenters.